The highest BCUT2D eigenvalue weighted by atomic mass is 32.2. The van der Waals surface area contributed by atoms with E-state index in [1.807, 2.05) is 0 Å². The van der Waals surface area contributed by atoms with Crippen molar-refractivity contribution in [1.82, 2.24) is 4.31 Å². The maximum absolute atomic E-state index is 11.6. The van der Waals surface area contributed by atoms with Crippen LogP contribution in [0.15, 0.2) is 16.7 Å². The van der Waals surface area contributed by atoms with Crippen LogP contribution in [0.4, 0.5) is 0 Å². The van der Waals surface area contributed by atoms with Crippen molar-refractivity contribution in [2.75, 3.05) is 6.61 Å². The largest absolute Gasteiger partial charge is 0.566 e. The highest BCUT2D eigenvalue weighted by Crippen LogP contribution is 2.27. The average molecular weight is 263 g/mol. The summed E-state index contributed by atoms with van der Waals surface area (Å²) in [6, 6.07) is 0. The van der Waals surface area contributed by atoms with Crippen molar-refractivity contribution >= 4 is 17.4 Å². The van der Waals surface area contributed by atoms with Gasteiger partial charge in [-0.1, -0.05) is 0 Å². The van der Waals surface area contributed by atoms with E-state index < -0.39 is 42.7 Å². The van der Waals surface area contributed by atoms with Gasteiger partial charge in [-0.05, 0) is 4.40 Å². The molecule has 0 radical (unpaired) electrons. The molecule has 2 rings (SSSR count). The second-order valence-electron chi connectivity index (χ2n) is 3.65. The molecule has 1 unspecified atom stereocenters. The smallest absolute Gasteiger partial charge is 0.226 e. The molecule has 96 valence electrons. The molecular formula is C8H13N3O5S. The van der Waals surface area contributed by atoms with Crippen molar-refractivity contribution in [3.63, 3.8) is 0 Å². The number of aliphatic hydroxyl groups excluding tert-OH is 3. The van der Waals surface area contributed by atoms with E-state index in [1.165, 1.54) is 12.3 Å². The first-order valence-corrected chi connectivity index (χ1v) is 5.96. The predicted molar refractivity (Wildman–Crippen MR) is 58.5 cm³/mol. The average Bonchev–Trinajstić information content (AvgIpc) is 2.57. The fourth-order valence-electron chi connectivity index (χ4n) is 1.63. The highest BCUT2D eigenvalue weighted by molar-refractivity contribution is 7.88. The SMILES string of the molecule is NC1=N[S+]([O-])N([C@@H]2O[C@H](CO)[C@@H](O)[C@H]2O)C=C1. The van der Waals surface area contributed by atoms with Gasteiger partial charge in [0, 0.05) is 6.08 Å². The van der Waals surface area contributed by atoms with Gasteiger partial charge in [0.15, 0.2) is 5.84 Å². The number of nitrogens with two attached hydrogens (primary N) is 1. The lowest BCUT2D eigenvalue weighted by molar-refractivity contribution is -0.0542. The summed E-state index contributed by atoms with van der Waals surface area (Å²) in [5.74, 6) is 0.103. The maximum atomic E-state index is 11.6. The third-order valence-electron chi connectivity index (χ3n) is 2.52. The molecule has 2 aliphatic rings. The lowest BCUT2D eigenvalue weighted by atomic mass is 10.1. The number of hydrogen-bond acceptors (Lipinski definition) is 8. The molecule has 17 heavy (non-hydrogen) atoms. The fourth-order valence-corrected chi connectivity index (χ4v) is 2.49. The second-order valence-corrected chi connectivity index (χ2v) is 4.72. The molecule has 0 spiro atoms. The van der Waals surface area contributed by atoms with Crippen LogP contribution in [0.1, 0.15) is 0 Å². The van der Waals surface area contributed by atoms with Crippen LogP contribution in [0.3, 0.4) is 0 Å². The van der Waals surface area contributed by atoms with Gasteiger partial charge in [-0.3, -0.25) is 0 Å². The Hall–Kier alpha value is -0.840. The summed E-state index contributed by atoms with van der Waals surface area (Å²) in [6.45, 7) is -0.440. The van der Waals surface area contributed by atoms with E-state index >= 15 is 0 Å². The molecular weight excluding hydrogens is 250 g/mol. The molecule has 0 aromatic heterocycles. The summed E-state index contributed by atoms with van der Waals surface area (Å²) in [7, 11) is 0. The Labute approximate surface area is 100 Å². The Kier molecular flexibility index (Phi) is 3.56. The van der Waals surface area contributed by atoms with Crippen LogP contribution in [-0.2, 0) is 16.3 Å². The molecule has 8 nitrogen and oxygen atoms in total. The van der Waals surface area contributed by atoms with E-state index in [-0.39, 0.29) is 5.84 Å². The van der Waals surface area contributed by atoms with E-state index in [4.69, 9.17) is 15.6 Å². The number of aliphatic hydroxyl groups is 3. The third-order valence-corrected chi connectivity index (χ3v) is 3.58. The number of nitrogens with zero attached hydrogens (tertiary/aromatic N) is 2. The minimum atomic E-state index is -1.82. The lowest BCUT2D eigenvalue weighted by Crippen LogP contribution is -2.45. The molecule has 2 aliphatic heterocycles. The van der Waals surface area contributed by atoms with E-state index in [9.17, 15) is 14.8 Å². The van der Waals surface area contributed by atoms with Gasteiger partial charge < -0.3 is 30.3 Å². The quantitative estimate of drug-likeness (QED) is 0.395. The second kappa shape index (κ2) is 4.80. The molecule has 0 saturated carbocycles. The van der Waals surface area contributed by atoms with Crippen molar-refractivity contribution in [3.05, 3.63) is 12.3 Å². The van der Waals surface area contributed by atoms with Crippen molar-refractivity contribution in [1.29, 1.82) is 0 Å². The molecule has 2 heterocycles. The first kappa shape index (κ1) is 12.6. The number of hydrogen-bond donors (Lipinski definition) is 4. The van der Waals surface area contributed by atoms with Gasteiger partial charge in [0.25, 0.3) is 0 Å². The number of rotatable bonds is 2. The standard InChI is InChI=1S/C8H13N3O5S/c9-5-1-2-11(17(15)10-5)8-7(14)6(13)4(3-12)16-8/h1-2,4,6-8,12-14H,3H2,(H2,9,10)/t4-,6-,7-,8-,17?/m1/s1. The van der Waals surface area contributed by atoms with Crippen molar-refractivity contribution in [3.8, 4) is 0 Å². The van der Waals surface area contributed by atoms with E-state index in [0.717, 1.165) is 4.31 Å². The minimum Gasteiger partial charge on any atom is -0.566 e. The van der Waals surface area contributed by atoms with Crippen molar-refractivity contribution in [2.45, 2.75) is 24.5 Å². The van der Waals surface area contributed by atoms with Crippen LogP contribution in [0.5, 0.6) is 0 Å². The Morgan fingerprint density at radius 2 is 2.24 bits per heavy atom. The van der Waals surface area contributed by atoms with Crippen LogP contribution in [0.2, 0.25) is 0 Å². The third kappa shape index (κ3) is 2.25. The topological polar surface area (TPSA) is 135 Å². The van der Waals surface area contributed by atoms with Crippen molar-refractivity contribution < 1.29 is 24.6 Å². The molecule has 9 heteroatoms. The zero-order valence-corrected chi connectivity index (χ0v) is 9.53. The summed E-state index contributed by atoms with van der Waals surface area (Å²) < 4.78 is 21.5. The van der Waals surface area contributed by atoms with Gasteiger partial charge in [-0.25, -0.2) is 0 Å². The van der Waals surface area contributed by atoms with E-state index in [0.29, 0.717) is 0 Å². The van der Waals surface area contributed by atoms with Gasteiger partial charge in [0.05, 0.1) is 12.8 Å². The fraction of sp³-hybridized carbons (Fsp3) is 0.625. The molecule has 0 aromatic rings. The van der Waals surface area contributed by atoms with Crippen molar-refractivity contribution in [2.24, 2.45) is 10.1 Å². The number of amidine groups is 1. The minimum absolute atomic E-state index is 0.103. The van der Waals surface area contributed by atoms with E-state index in [2.05, 4.69) is 4.40 Å². The summed E-state index contributed by atoms with van der Waals surface area (Å²) in [4.78, 5) is 0. The van der Waals surface area contributed by atoms with Crippen LogP contribution >= 0.6 is 0 Å². The normalized spacial score (nSPS) is 41.8. The van der Waals surface area contributed by atoms with E-state index in [1.54, 1.807) is 0 Å². The zero-order valence-electron chi connectivity index (χ0n) is 8.71. The molecule has 0 aromatic carbocycles. The molecule has 5 atom stereocenters. The Bertz CT molecular complexity index is 352. The summed E-state index contributed by atoms with van der Waals surface area (Å²) in [6.07, 6.45) is -1.71. The first-order chi connectivity index (χ1) is 8.04. The monoisotopic (exact) mass is 263 g/mol. The molecule has 5 N–H and O–H groups in total. The Morgan fingerprint density at radius 3 is 2.76 bits per heavy atom. The molecule has 0 amide bonds. The van der Waals surface area contributed by atoms with Gasteiger partial charge >= 0.3 is 0 Å². The van der Waals surface area contributed by atoms with Crippen LogP contribution in [-0.4, -0.2) is 61.2 Å². The summed E-state index contributed by atoms with van der Waals surface area (Å²) in [5.41, 5.74) is 5.35. The van der Waals surface area contributed by atoms with Crippen LogP contribution in [0, 0.1) is 0 Å². The van der Waals surface area contributed by atoms with Gasteiger partial charge in [0.2, 0.25) is 17.8 Å². The van der Waals surface area contributed by atoms with Gasteiger partial charge in [-0.15, -0.1) is 4.31 Å². The molecule has 1 saturated heterocycles. The maximum Gasteiger partial charge on any atom is 0.226 e. The first-order valence-electron chi connectivity index (χ1n) is 4.89. The van der Waals surface area contributed by atoms with Crippen LogP contribution in [0.25, 0.3) is 0 Å². The van der Waals surface area contributed by atoms with Crippen LogP contribution < -0.4 is 5.73 Å². The number of ether oxygens (including phenoxy) is 1. The zero-order chi connectivity index (χ0) is 12.6. The lowest BCUT2D eigenvalue weighted by Gasteiger charge is -2.27. The Balaban J connectivity index is 2.12. The van der Waals surface area contributed by atoms with Gasteiger partial charge in [-0.2, -0.15) is 0 Å². The molecule has 0 aliphatic carbocycles. The predicted octanol–water partition coefficient (Wildman–Crippen LogP) is -2.81. The van der Waals surface area contributed by atoms with Gasteiger partial charge in [0.1, 0.15) is 18.3 Å². The molecule has 0 bridgehead atoms. The highest BCUT2D eigenvalue weighted by Gasteiger charge is 2.48. The molecule has 1 fully saturated rings. The summed E-state index contributed by atoms with van der Waals surface area (Å²) in [5, 5.41) is 28.2. The summed E-state index contributed by atoms with van der Waals surface area (Å²) >= 11 is -1.82. The Morgan fingerprint density at radius 1 is 1.53 bits per heavy atom.